The second kappa shape index (κ2) is 12.4. The van der Waals surface area contributed by atoms with Crippen LogP contribution in [0, 0.1) is 0 Å². The van der Waals surface area contributed by atoms with Gasteiger partial charge in [-0.1, -0.05) is 70.0 Å². The number of hydrogen-bond donors (Lipinski definition) is 2. The van der Waals surface area contributed by atoms with Crippen molar-refractivity contribution in [1.82, 2.24) is 0 Å². The summed E-state index contributed by atoms with van der Waals surface area (Å²) in [5.74, 6) is 2.65. The number of ether oxygens (including phenoxy) is 2. The zero-order valence-corrected chi connectivity index (χ0v) is 21.9. The number of aromatic hydroxyl groups is 2. The monoisotopic (exact) mass is 496 g/mol. The van der Waals surface area contributed by atoms with Crippen LogP contribution in [0.5, 0.6) is 34.5 Å². The molecule has 4 aromatic rings. The third-order valence-corrected chi connectivity index (χ3v) is 6.50. The summed E-state index contributed by atoms with van der Waals surface area (Å²) in [5.41, 5.74) is 4.64. The molecule has 0 aliphatic carbocycles. The van der Waals surface area contributed by atoms with Gasteiger partial charge in [0.05, 0.1) is 0 Å². The molecule has 0 aromatic heterocycles. The molecule has 0 saturated heterocycles. The Bertz CT molecular complexity index is 1290. The molecule has 0 aliphatic heterocycles. The van der Waals surface area contributed by atoms with Crippen LogP contribution < -0.4 is 9.47 Å². The van der Waals surface area contributed by atoms with Gasteiger partial charge in [0.1, 0.15) is 11.5 Å². The highest BCUT2D eigenvalue weighted by Gasteiger charge is 2.14. The Morgan fingerprint density at radius 1 is 0.595 bits per heavy atom. The fraction of sp³-hybridized carbons (Fsp3) is 0.273. The highest BCUT2D eigenvalue weighted by molar-refractivity contribution is 5.47. The first-order valence-electron chi connectivity index (χ1n) is 13.1. The second-order valence-corrected chi connectivity index (χ2v) is 9.63. The van der Waals surface area contributed by atoms with Crippen molar-refractivity contribution in [1.29, 1.82) is 0 Å². The number of benzene rings is 4. The van der Waals surface area contributed by atoms with Gasteiger partial charge in [-0.3, -0.25) is 0 Å². The molecule has 4 rings (SSSR count). The van der Waals surface area contributed by atoms with Gasteiger partial charge in [0.15, 0.2) is 23.0 Å². The molecule has 0 fully saturated rings. The van der Waals surface area contributed by atoms with E-state index < -0.39 is 0 Å². The summed E-state index contributed by atoms with van der Waals surface area (Å²) in [6, 6.07) is 27.0. The largest absolute Gasteiger partial charge is 0.504 e. The van der Waals surface area contributed by atoms with Crippen molar-refractivity contribution in [3.63, 3.8) is 0 Å². The second-order valence-electron chi connectivity index (χ2n) is 9.63. The maximum Gasteiger partial charge on any atom is 0.169 e. The van der Waals surface area contributed by atoms with E-state index in [0.29, 0.717) is 23.0 Å². The maximum absolute atomic E-state index is 10.4. The van der Waals surface area contributed by atoms with Crippen molar-refractivity contribution in [2.24, 2.45) is 0 Å². The Balaban J connectivity index is 1.45. The Morgan fingerprint density at radius 3 is 1.57 bits per heavy atom. The quantitative estimate of drug-likeness (QED) is 0.218. The molecule has 0 amide bonds. The average molecular weight is 497 g/mol. The van der Waals surface area contributed by atoms with Gasteiger partial charge in [-0.15, -0.1) is 0 Å². The summed E-state index contributed by atoms with van der Waals surface area (Å²) in [4.78, 5) is 0. The fourth-order valence-corrected chi connectivity index (χ4v) is 4.44. The summed E-state index contributed by atoms with van der Waals surface area (Å²) in [6.07, 6.45) is 5.01. The third kappa shape index (κ3) is 7.07. The van der Waals surface area contributed by atoms with Crippen molar-refractivity contribution < 1.29 is 19.7 Å². The summed E-state index contributed by atoms with van der Waals surface area (Å²) in [7, 11) is 0. The predicted molar refractivity (Wildman–Crippen MR) is 149 cm³/mol. The van der Waals surface area contributed by atoms with Crippen molar-refractivity contribution in [2.75, 3.05) is 0 Å². The van der Waals surface area contributed by atoms with Gasteiger partial charge in [-0.05, 0) is 96.0 Å². The Morgan fingerprint density at radius 2 is 1.05 bits per heavy atom. The van der Waals surface area contributed by atoms with Crippen LogP contribution in [0.2, 0.25) is 0 Å². The molecule has 192 valence electrons. The number of rotatable bonds is 11. The minimum Gasteiger partial charge on any atom is -0.504 e. The Labute approximate surface area is 220 Å². The van der Waals surface area contributed by atoms with E-state index in [9.17, 15) is 10.2 Å². The molecule has 4 heteroatoms. The van der Waals surface area contributed by atoms with Gasteiger partial charge >= 0.3 is 0 Å². The zero-order chi connectivity index (χ0) is 26.2. The molecule has 0 heterocycles. The third-order valence-electron chi connectivity index (χ3n) is 6.50. The van der Waals surface area contributed by atoms with Crippen LogP contribution in [0.1, 0.15) is 61.8 Å². The van der Waals surface area contributed by atoms with E-state index in [-0.39, 0.29) is 17.4 Å². The molecule has 1 unspecified atom stereocenters. The molecule has 0 radical (unpaired) electrons. The van der Waals surface area contributed by atoms with Gasteiger partial charge in [0.25, 0.3) is 0 Å². The highest BCUT2D eigenvalue weighted by atomic mass is 16.5. The van der Waals surface area contributed by atoms with Gasteiger partial charge in [-0.25, -0.2) is 0 Å². The van der Waals surface area contributed by atoms with Crippen LogP contribution in [0.3, 0.4) is 0 Å². The molecular formula is C33H36O4. The lowest BCUT2D eigenvalue weighted by Crippen LogP contribution is -2.00. The average Bonchev–Trinajstić information content (AvgIpc) is 2.90. The lowest BCUT2D eigenvalue weighted by atomic mass is 9.93. The van der Waals surface area contributed by atoms with Crippen LogP contribution in [-0.4, -0.2) is 10.2 Å². The molecule has 2 N–H and O–H groups in total. The van der Waals surface area contributed by atoms with E-state index in [1.165, 1.54) is 11.1 Å². The predicted octanol–water partition coefficient (Wildman–Crippen LogP) is 8.93. The smallest absolute Gasteiger partial charge is 0.169 e. The molecule has 0 spiro atoms. The van der Waals surface area contributed by atoms with E-state index in [1.807, 2.05) is 48.5 Å². The Kier molecular flexibility index (Phi) is 8.73. The SMILES string of the molecule is CCCc1ccc(Oc2cc(CC(C)c3ccc(O)c(Oc4ccc(CCC)cc4)c3)ccc2O)cc1. The van der Waals surface area contributed by atoms with Crippen molar-refractivity contribution in [2.45, 2.75) is 58.8 Å². The minimum absolute atomic E-state index is 0.110. The van der Waals surface area contributed by atoms with Gasteiger partial charge in [0.2, 0.25) is 0 Å². The van der Waals surface area contributed by atoms with Crippen LogP contribution in [0.15, 0.2) is 84.9 Å². The van der Waals surface area contributed by atoms with Crippen LogP contribution in [-0.2, 0) is 19.3 Å². The molecule has 4 aromatic carbocycles. The van der Waals surface area contributed by atoms with Gasteiger partial charge in [-0.2, -0.15) is 0 Å². The first-order chi connectivity index (χ1) is 17.9. The molecule has 0 saturated carbocycles. The molecule has 0 bridgehead atoms. The van der Waals surface area contributed by atoms with E-state index in [2.05, 4.69) is 45.0 Å². The zero-order valence-electron chi connectivity index (χ0n) is 21.9. The topological polar surface area (TPSA) is 58.9 Å². The summed E-state index contributed by atoms with van der Waals surface area (Å²) < 4.78 is 12.0. The van der Waals surface area contributed by atoms with Crippen LogP contribution >= 0.6 is 0 Å². The number of phenols is 2. The molecule has 37 heavy (non-hydrogen) atoms. The van der Waals surface area contributed by atoms with Gasteiger partial charge < -0.3 is 19.7 Å². The van der Waals surface area contributed by atoms with Crippen LogP contribution in [0.4, 0.5) is 0 Å². The van der Waals surface area contributed by atoms with E-state index in [4.69, 9.17) is 9.47 Å². The number of phenolic OH excluding ortho intramolecular Hbond substituents is 2. The highest BCUT2D eigenvalue weighted by Crippen LogP contribution is 2.36. The van der Waals surface area contributed by atoms with Crippen LogP contribution in [0.25, 0.3) is 0 Å². The van der Waals surface area contributed by atoms with E-state index >= 15 is 0 Å². The molecule has 1 atom stereocenters. The van der Waals surface area contributed by atoms with E-state index in [0.717, 1.165) is 43.2 Å². The maximum atomic E-state index is 10.4. The molecule has 4 nitrogen and oxygen atoms in total. The normalized spacial score (nSPS) is 11.8. The molecular weight excluding hydrogens is 460 g/mol. The Hall–Kier alpha value is -3.92. The minimum atomic E-state index is 0.110. The summed E-state index contributed by atoms with van der Waals surface area (Å²) in [5, 5.41) is 20.8. The number of hydrogen-bond acceptors (Lipinski definition) is 4. The fourth-order valence-electron chi connectivity index (χ4n) is 4.44. The standard InChI is InChI=1S/C33H36O4/c1-4-6-24-8-14-28(15-9-24)36-32-21-26(12-18-30(32)34)20-23(3)27-13-19-31(35)33(22-27)37-29-16-10-25(7-5-2)11-17-29/h8-19,21-23,34-35H,4-7,20H2,1-3H3. The number of aryl methyl sites for hydroxylation is 2. The summed E-state index contributed by atoms with van der Waals surface area (Å²) >= 11 is 0. The first kappa shape index (κ1) is 26.2. The van der Waals surface area contributed by atoms with Crippen molar-refractivity contribution in [3.8, 4) is 34.5 Å². The van der Waals surface area contributed by atoms with Gasteiger partial charge in [0, 0.05) is 0 Å². The summed E-state index contributed by atoms with van der Waals surface area (Å²) in [6.45, 7) is 6.45. The lowest BCUT2D eigenvalue weighted by Gasteiger charge is -2.16. The lowest BCUT2D eigenvalue weighted by molar-refractivity contribution is 0.409. The first-order valence-corrected chi connectivity index (χ1v) is 13.1. The van der Waals surface area contributed by atoms with Crippen molar-refractivity contribution >= 4 is 0 Å². The van der Waals surface area contributed by atoms with E-state index in [1.54, 1.807) is 12.1 Å². The molecule has 0 aliphatic rings. The van der Waals surface area contributed by atoms with Crippen molar-refractivity contribution in [3.05, 3.63) is 107 Å².